The third kappa shape index (κ3) is 8.56. The molecule has 6 aromatic rings. The van der Waals surface area contributed by atoms with Gasteiger partial charge >= 0.3 is 0 Å². The molecule has 2 aliphatic rings. The number of nitrogens with one attached hydrogen (secondary N) is 2. The maximum Gasteiger partial charge on any atom is 0.296 e. The highest BCUT2D eigenvalue weighted by Crippen LogP contribution is 2.47. The molecule has 0 spiro atoms. The summed E-state index contributed by atoms with van der Waals surface area (Å²) in [4.78, 5) is 62.7. The van der Waals surface area contributed by atoms with Gasteiger partial charge in [0.1, 0.15) is 14.7 Å². The quantitative estimate of drug-likeness (QED) is 0.0496. The number of carbonyl (C=O) groups excluding carboxylic acids is 4. The number of benzene rings is 5. The van der Waals surface area contributed by atoms with Crippen molar-refractivity contribution in [2.24, 2.45) is 5.92 Å². The molecule has 0 saturated carbocycles. The summed E-state index contributed by atoms with van der Waals surface area (Å²) in [7, 11) is -33.3. The van der Waals surface area contributed by atoms with Gasteiger partial charge in [-0.05, 0) is 48.4 Å². The zero-order valence-corrected chi connectivity index (χ0v) is 39.1. The number of hydrogen-bond acceptors (Lipinski definition) is 18. The number of Topliss-reactive ketones (excluding diaryl/α,β-unsaturated/α-hetero) is 2. The highest BCUT2D eigenvalue weighted by Gasteiger charge is 2.41. The number of fused-ring (bicyclic) bond motifs is 3. The first kappa shape index (κ1) is 49.7. The lowest BCUT2D eigenvalue weighted by atomic mass is 9.80. The third-order valence-electron chi connectivity index (χ3n) is 11.1. The standard InChI is InChI=1S/C40H26N2O22S6/c43-36(17-11-18(66(50,51)52)13-19(12-17)67(53,54)55)34-31-20-5-1-2-6-21(20)39(46)32-26(15-30(70(62,63)64)35(33(31)32)42-40(34)47)41-25-14-28(29(69(59,60)61)16-27(25)68(56,57)58)65(48,49)10-9-24-37(44)22-7-3-4-8-23(22)38(24)45/h1-8,11-16,24,41H,9-10H2,(H,42,47)(H,50,51,52)(H,53,54,55)(H,56,57,58)(H,59,60,61)(H,62,63,64). The summed E-state index contributed by atoms with van der Waals surface area (Å²) in [5.74, 6) is -7.23. The van der Waals surface area contributed by atoms with Crippen molar-refractivity contribution in [3.05, 3.63) is 129 Å². The van der Waals surface area contributed by atoms with Crippen molar-refractivity contribution in [2.75, 3.05) is 11.1 Å². The monoisotopic (exact) mass is 1080 g/mol. The molecule has 0 fully saturated rings. The third-order valence-corrected chi connectivity index (χ3v) is 17.4. The SMILES string of the molecule is O=C(c1cc(S(=O)(=O)O)cc(S(=O)(=O)O)c1)c1c2c3c(c(Nc4cc(S(=O)(=O)CCC5C(=O)c6ccccc6C5=O)c(S(=O)(=O)O)cc4S(=O)(=O)O)cc(S(=O)(=O)O)c3[nH]c1=O)C(=O)c1ccccc1-2. The Balaban J connectivity index is 1.40. The maximum absolute atomic E-state index is 14.6. The van der Waals surface area contributed by atoms with Crippen LogP contribution in [0.15, 0.2) is 119 Å². The molecule has 0 unspecified atom stereocenters. The Morgan fingerprint density at radius 3 is 1.51 bits per heavy atom. The number of ketones is 4. The van der Waals surface area contributed by atoms with Gasteiger partial charge in [-0.1, -0.05) is 48.5 Å². The fourth-order valence-electron chi connectivity index (χ4n) is 8.14. The van der Waals surface area contributed by atoms with Crippen molar-refractivity contribution in [1.82, 2.24) is 4.98 Å². The summed E-state index contributed by atoms with van der Waals surface area (Å²) >= 11 is 0. The zero-order valence-electron chi connectivity index (χ0n) is 34.2. The minimum absolute atomic E-state index is 0.0420. The number of pyridine rings is 1. The van der Waals surface area contributed by atoms with Gasteiger partial charge in [-0.3, -0.25) is 46.7 Å². The number of aromatic amines is 1. The zero-order chi connectivity index (χ0) is 51.6. The van der Waals surface area contributed by atoms with Crippen LogP contribution in [0.5, 0.6) is 0 Å². The second-order valence-electron chi connectivity index (χ2n) is 15.4. The predicted molar refractivity (Wildman–Crippen MR) is 237 cm³/mol. The van der Waals surface area contributed by atoms with Crippen LogP contribution >= 0.6 is 0 Å². The predicted octanol–water partition coefficient (Wildman–Crippen LogP) is 2.81. The van der Waals surface area contributed by atoms with E-state index in [-0.39, 0.29) is 34.9 Å². The lowest BCUT2D eigenvalue weighted by Gasteiger charge is -2.25. The Kier molecular flexibility index (Phi) is 11.7. The van der Waals surface area contributed by atoms with E-state index in [9.17, 15) is 97.2 Å². The van der Waals surface area contributed by atoms with Crippen molar-refractivity contribution < 1.29 is 92.4 Å². The number of hydrogen-bond donors (Lipinski definition) is 7. The molecular weight excluding hydrogens is 1050 g/mol. The van der Waals surface area contributed by atoms with E-state index in [1.807, 2.05) is 4.98 Å². The van der Waals surface area contributed by atoms with E-state index in [1.54, 1.807) is 0 Å². The van der Waals surface area contributed by atoms with Crippen LogP contribution in [0.1, 0.15) is 59.0 Å². The number of sulfone groups is 1. The van der Waals surface area contributed by atoms with Crippen molar-refractivity contribution in [2.45, 2.75) is 35.8 Å². The normalized spacial score (nSPS) is 14.4. The molecule has 0 bridgehead atoms. The van der Waals surface area contributed by atoms with Crippen LogP contribution in [0, 0.1) is 5.92 Å². The first-order chi connectivity index (χ1) is 32.2. The molecule has 8 rings (SSSR count). The Hall–Kier alpha value is -6.71. The van der Waals surface area contributed by atoms with Crippen molar-refractivity contribution >= 4 is 106 Å². The first-order valence-electron chi connectivity index (χ1n) is 19.1. The van der Waals surface area contributed by atoms with Crippen LogP contribution in [0.3, 0.4) is 0 Å². The number of rotatable bonds is 13. The van der Waals surface area contributed by atoms with Gasteiger partial charge in [-0.15, -0.1) is 0 Å². The first-order valence-corrected chi connectivity index (χ1v) is 27.9. The van der Waals surface area contributed by atoms with Gasteiger partial charge in [-0.2, -0.15) is 42.1 Å². The van der Waals surface area contributed by atoms with Gasteiger partial charge in [0.15, 0.2) is 33.0 Å². The summed E-state index contributed by atoms with van der Waals surface area (Å²) in [6.45, 7) is 0. The number of anilines is 2. The second-order valence-corrected chi connectivity index (χ2v) is 24.5. The Labute approximate surface area is 393 Å². The summed E-state index contributed by atoms with van der Waals surface area (Å²) in [5, 5.41) is 1.43. The highest BCUT2D eigenvalue weighted by atomic mass is 32.2. The van der Waals surface area contributed by atoms with E-state index < -0.39 is 187 Å². The molecule has 0 saturated heterocycles. The minimum Gasteiger partial charge on any atom is -0.354 e. The van der Waals surface area contributed by atoms with Gasteiger partial charge in [-0.25, -0.2) is 8.42 Å². The van der Waals surface area contributed by atoms with E-state index in [0.717, 1.165) is 12.1 Å². The van der Waals surface area contributed by atoms with E-state index in [4.69, 9.17) is 0 Å². The van der Waals surface area contributed by atoms with E-state index in [2.05, 4.69) is 5.32 Å². The van der Waals surface area contributed by atoms with Crippen LogP contribution < -0.4 is 10.9 Å². The summed E-state index contributed by atoms with van der Waals surface area (Å²) in [5.41, 5.74) is -9.33. The van der Waals surface area contributed by atoms with Gasteiger partial charge in [0.2, 0.25) is 0 Å². The van der Waals surface area contributed by atoms with Crippen LogP contribution in [0.4, 0.5) is 11.4 Å². The summed E-state index contributed by atoms with van der Waals surface area (Å²) in [6.07, 6.45) is -0.803. The van der Waals surface area contributed by atoms with Crippen LogP contribution in [0.25, 0.3) is 22.0 Å². The van der Waals surface area contributed by atoms with E-state index in [0.29, 0.717) is 18.2 Å². The molecule has 24 nitrogen and oxygen atoms in total. The molecule has 5 aromatic carbocycles. The second kappa shape index (κ2) is 16.4. The Morgan fingerprint density at radius 1 is 0.529 bits per heavy atom. The average Bonchev–Trinajstić information content (AvgIpc) is 3.50. The van der Waals surface area contributed by atoms with Gasteiger partial charge in [0, 0.05) is 33.2 Å². The molecular formula is C40H26N2O22S6. The van der Waals surface area contributed by atoms with Crippen molar-refractivity contribution in [1.29, 1.82) is 0 Å². The summed E-state index contributed by atoms with van der Waals surface area (Å²) in [6, 6.07) is 11.7. The van der Waals surface area contributed by atoms with Gasteiger partial charge in [0.25, 0.3) is 56.1 Å². The number of carbonyl (C=O) groups is 4. The van der Waals surface area contributed by atoms with Crippen LogP contribution in [-0.4, -0.2) is 107 Å². The molecule has 70 heavy (non-hydrogen) atoms. The van der Waals surface area contributed by atoms with Crippen molar-refractivity contribution in [3.63, 3.8) is 0 Å². The summed E-state index contributed by atoms with van der Waals surface area (Å²) < 4.78 is 205. The molecule has 0 radical (unpaired) electrons. The minimum atomic E-state index is -5.80. The molecule has 2 aliphatic carbocycles. The molecule has 0 atom stereocenters. The largest absolute Gasteiger partial charge is 0.354 e. The van der Waals surface area contributed by atoms with Gasteiger partial charge < -0.3 is 10.3 Å². The van der Waals surface area contributed by atoms with Crippen LogP contribution in [0.2, 0.25) is 0 Å². The molecule has 364 valence electrons. The fourth-order valence-corrected chi connectivity index (χ4v) is 13.4. The molecule has 1 aromatic heterocycles. The topological polar surface area (TPSA) is 419 Å². The Morgan fingerprint density at radius 2 is 1.01 bits per heavy atom. The maximum atomic E-state index is 14.6. The average molecular weight is 1080 g/mol. The molecule has 0 amide bonds. The van der Waals surface area contributed by atoms with E-state index in [1.165, 1.54) is 36.4 Å². The molecule has 1 heterocycles. The Bertz CT molecular complexity index is 4150. The highest BCUT2D eigenvalue weighted by molar-refractivity contribution is 7.93. The lowest BCUT2D eigenvalue weighted by Crippen LogP contribution is -2.25. The number of H-pyrrole nitrogens is 1. The van der Waals surface area contributed by atoms with Crippen LogP contribution in [-0.2, 0) is 60.4 Å². The smallest absolute Gasteiger partial charge is 0.296 e. The molecule has 0 aliphatic heterocycles. The fraction of sp³-hybridized carbons (Fsp3) is 0.0750. The van der Waals surface area contributed by atoms with Crippen molar-refractivity contribution in [3.8, 4) is 11.1 Å². The van der Waals surface area contributed by atoms with Gasteiger partial charge in [0.05, 0.1) is 54.4 Å². The lowest BCUT2D eigenvalue weighted by molar-refractivity contribution is 0.0834. The molecule has 7 N–H and O–H groups in total. The molecule has 30 heteroatoms. The van der Waals surface area contributed by atoms with E-state index >= 15 is 0 Å². The number of aromatic nitrogens is 1.